The minimum atomic E-state index is -0.695. The molecule has 0 spiro atoms. The fourth-order valence-corrected chi connectivity index (χ4v) is 3.62. The van der Waals surface area contributed by atoms with Crippen molar-refractivity contribution in [2.45, 2.75) is 32.0 Å². The molecule has 8 heteroatoms. The van der Waals surface area contributed by atoms with Crippen molar-refractivity contribution in [3.63, 3.8) is 0 Å². The molecular formula is C21H19FN2O5. The molecule has 0 bridgehead atoms. The molecule has 2 aliphatic rings. The molecule has 1 fully saturated rings. The highest BCUT2D eigenvalue weighted by Crippen LogP contribution is 2.34. The normalized spacial score (nSPS) is 18.5. The summed E-state index contributed by atoms with van der Waals surface area (Å²) in [5.74, 6) is -0.655. The van der Waals surface area contributed by atoms with Gasteiger partial charge in [0.15, 0.2) is 0 Å². The number of carbonyl (C=O) groups is 3. The van der Waals surface area contributed by atoms with Crippen molar-refractivity contribution >= 4 is 17.7 Å². The number of nitrogens with zero attached hydrogens (tertiary/aromatic N) is 1. The predicted molar refractivity (Wildman–Crippen MR) is 99.8 cm³/mol. The van der Waals surface area contributed by atoms with Crippen LogP contribution in [-0.2, 0) is 22.7 Å². The summed E-state index contributed by atoms with van der Waals surface area (Å²) in [5, 5.41) is 2.28. The van der Waals surface area contributed by atoms with E-state index in [1.807, 2.05) is 0 Å². The molecule has 2 aromatic rings. The number of amides is 3. The third-order valence-corrected chi connectivity index (χ3v) is 5.18. The number of carbonyl (C=O) groups excluding carboxylic acids is 3. The summed E-state index contributed by atoms with van der Waals surface area (Å²) in [5.41, 5.74) is 1.45. The minimum absolute atomic E-state index is 0.0150. The second kappa shape index (κ2) is 7.54. The molecule has 0 aromatic heterocycles. The summed E-state index contributed by atoms with van der Waals surface area (Å²) in [6.45, 7) is 0.181. The average molecular weight is 398 g/mol. The van der Waals surface area contributed by atoms with Crippen LogP contribution in [0.5, 0.6) is 11.5 Å². The number of piperidine rings is 1. The first-order valence-electron chi connectivity index (χ1n) is 9.19. The van der Waals surface area contributed by atoms with Gasteiger partial charge in [0, 0.05) is 29.2 Å². The average Bonchev–Trinajstić information content (AvgIpc) is 3.04. The zero-order valence-electron chi connectivity index (χ0n) is 15.7. The van der Waals surface area contributed by atoms with Gasteiger partial charge in [0.2, 0.25) is 11.8 Å². The van der Waals surface area contributed by atoms with Crippen LogP contribution in [0.4, 0.5) is 4.39 Å². The number of nitrogens with one attached hydrogen (secondary N) is 1. The molecular weight excluding hydrogens is 379 g/mol. The molecule has 1 unspecified atom stereocenters. The lowest BCUT2D eigenvalue weighted by Gasteiger charge is -2.29. The number of benzene rings is 2. The van der Waals surface area contributed by atoms with Gasteiger partial charge in [-0.15, -0.1) is 0 Å². The van der Waals surface area contributed by atoms with Crippen molar-refractivity contribution in [3.05, 3.63) is 58.9 Å². The fraction of sp³-hybridized carbons (Fsp3) is 0.286. The van der Waals surface area contributed by atoms with Gasteiger partial charge in [0.25, 0.3) is 5.91 Å². The molecule has 3 amide bonds. The molecule has 150 valence electrons. The van der Waals surface area contributed by atoms with Gasteiger partial charge in [-0.1, -0.05) is 6.07 Å². The van der Waals surface area contributed by atoms with E-state index in [4.69, 9.17) is 9.47 Å². The van der Waals surface area contributed by atoms with Crippen LogP contribution in [0.2, 0.25) is 0 Å². The van der Waals surface area contributed by atoms with Gasteiger partial charge in [0.1, 0.15) is 30.0 Å². The number of methoxy groups -OCH3 is 1. The van der Waals surface area contributed by atoms with Gasteiger partial charge in [-0.3, -0.25) is 19.7 Å². The van der Waals surface area contributed by atoms with Gasteiger partial charge in [-0.2, -0.15) is 0 Å². The summed E-state index contributed by atoms with van der Waals surface area (Å²) >= 11 is 0. The lowest BCUT2D eigenvalue weighted by molar-refractivity contribution is -0.136. The summed E-state index contributed by atoms with van der Waals surface area (Å²) < 4.78 is 25.0. The predicted octanol–water partition coefficient (Wildman–Crippen LogP) is 2.17. The van der Waals surface area contributed by atoms with Crippen LogP contribution in [0.15, 0.2) is 36.4 Å². The highest BCUT2D eigenvalue weighted by Gasteiger charge is 2.40. The van der Waals surface area contributed by atoms with Crippen molar-refractivity contribution in [2.24, 2.45) is 0 Å². The Labute approximate surface area is 166 Å². The lowest BCUT2D eigenvalue weighted by atomic mass is 10.0. The molecule has 0 saturated carbocycles. The third-order valence-electron chi connectivity index (χ3n) is 5.18. The maximum Gasteiger partial charge on any atom is 0.255 e. The van der Waals surface area contributed by atoms with Gasteiger partial charge in [-0.25, -0.2) is 4.39 Å². The van der Waals surface area contributed by atoms with Crippen LogP contribution in [0.25, 0.3) is 0 Å². The van der Waals surface area contributed by atoms with E-state index in [-0.39, 0.29) is 37.8 Å². The largest absolute Gasteiger partial charge is 0.497 e. The van der Waals surface area contributed by atoms with Crippen LogP contribution >= 0.6 is 0 Å². The highest BCUT2D eigenvalue weighted by molar-refractivity contribution is 6.05. The van der Waals surface area contributed by atoms with E-state index in [1.165, 1.54) is 18.1 Å². The smallest absolute Gasteiger partial charge is 0.255 e. The topological polar surface area (TPSA) is 84.9 Å². The van der Waals surface area contributed by atoms with Crippen molar-refractivity contribution in [2.75, 3.05) is 7.11 Å². The van der Waals surface area contributed by atoms with E-state index < -0.39 is 17.8 Å². The molecule has 29 heavy (non-hydrogen) atoms. The Morgan fingerprint density at radius 1 is 1.21 bits per heavy atom. The molecule has 2 aromatic carbocycles. The van der Waals surface area contributed by atoms with E-state index in [0.717, 1.165) is 0 Å². The monoisotopic (exact) mass is 398 g/mol. The molecule has 0 radical (unpaired) electrons. The minimum Gasteiger partial charge on any atom is -0.497 e. The van der Waals surface area contributed by atoms with E-state index in [2.05, 4.69) is 5.32 Å². The Morgan fingerprint density at radius 3 is 2.76 bits per heavy atom. The van der Waals surface area contributed by atoms with Gasteiger partial charge >= 0.3 is 0 Å². The van der Waals surface area contributed by atoms with Gasteiger partial charge in [0.05, 0.1) is 13.7 Å². The molecule has 4 rings (SSSR count). The molecule has 2 aliphatic heterocycles. The molecule has 7 nitrogen and oxygen atoms in total. The standard InChI is InChI=1S/C21H19FN2O5/c1-28-13-6-5-12(16(22)9-13)11-29-18-4-2-3-14-15(18)10-24(21(14)27)17-7-8-19(25)23-20(17)26/h2-6,9,17H,7-8,10-11H2,1H3,(H,23,25,26). The van der Waals surface area contributed by atoms with E-state index in [1.54, 1.807) is 30.3 Å². The molecule has 1 atom stereocenters. The quantitative estimate of drug-likeness (QED) is 0.781. The third kappa shape index (κ3) is 3.53. The molecule has 1 saturated heterocycles. The second-order valence-corrected chi connectivity index (χ2v) is 6.93. The van der Waals surface area contributed by atoms with Gasteiger partial charge < -0.3 is 14.4 Å². The van der Waals surface area contributed by atoms with E-state index >= 15 is 0 Å². The van der Waals surface area contributed by atoms with Crippen molar-refractivity contribution in [3.8, 4) is 11.5 Å². The number of fused-ring (bicyclic) bond motifs is 1. The number of imide groups is 1. The Balaban J connectivity index is 1.53. The van der Waals surface area contributed by atoms with Crippen molar-refractivity contribution < 1.29 is 28.2 Å². The fourth-order valence-electron chi connectivity index (χ4n) is 3.62. The van der Waals surface area contributed by atoms with Crippen LogP contribution in [0, 0.1) is 5.82 Å². The number of ether oxygens (including phenoxy) is 2. The first kappa shape index (κ1) is 18.9. The van der Waals surface area contributed by atoms with E-state index in [9.17, 15) is 18.8 Å². The molecule has 2 heterocycles. The van der Waals surface area contributed by atoms with Crippen LogP contribution in [0.3, 0.4) is 0 Å². The zero-order valence-corrected chi connectivity index (χ0v) is 15.7. The Morgan fingerprint density at radius 2 is 2.03 bits per heavy atom. The lowest BCUT2D eigenvalue weighted by Crippen LogP contribution is -2.52. The Bertz CT molecular complexity index is 1010. The summed E-state index contributed by atoms with van der Waals surface area (Å²) in [6, 6.07) is 8.88. The number of rotatable bonds is 5. The first-order valence-corrected chi connectivity index (χ1v) is 9.19. The molecule has 0 aliphatic carbocycles. The SMILES string of the molecule is COc1ccc(COc2cccc3c2CN(C2CCC(=O)NC2=O)C3=O)c(F)c1. The van der Waals surface area contributed by atoms with Crippen LogP contribution in [-0.4, -0.2) is 35.8 Å². The van der Waals surface area contributed by atoms with E-state index in [0.29, 0.717) is 28.2 Å². The second-order valence-electron chi connectivity index (χ2n) is 6.93. The first-order chi connectivity index (χ1) is 14.0. The van der Waals surface area contributed by atoms with Crippen LogP contribution in [0.1, 0.15) is 34.3 Å². The summed E-state index contributed by atoms with van der Waals surface area (Å²) in [6.07, 6.45) is 0.480. The zero-order chi connectivity index (χ0) is 20.5. The van der Waals surface area contributed by atoms with Crippen molar-refractivity contribution in [1.29, 1.82) is 0 Å². The number of hydrogen-bond donors (Lipinski definition) is 1. The highest BCUT2D eigenvalue weighted by atomic mass is 19.1. The summed E-state index contributed by atoms with van der Waals surface area (Å²) in [7, 11) is 1.46. The Kier molecular flexibility index (Phi) is 4.92. The Hall–Kier alpha value is -3.42. The maximum absolute atomic E-state index is 14.2. The number of halogens is 1. The van der Waals surface area contributed by atoms with Crippen LogP contribution < -0.4 is 14.8 Å². The molecule has 1 N–H and O–H groups in total. The van der Waals surface area contributed by atoms with Crippen molar-refractivity contribution in [1.82, 2.24) is 10.2 Å². The number of hydrogen-bond acceptors (Lipinski definition) is 5. The van der Waals surface area contributed by atoms with Gasteiger partial charge in [-0.05, 0) is 30.7 Å². The summed E-state index contributed by atoms with van der Waals surface area (Å²) in [4.78, 5) is 37.8. The maximum atomic E-state index is 14.2.